The van der Waals surface area contributed by atoms with E-state index in [1.807, 2.05) is 6.07 Å². The minimum atomic E-state index is -0.316. The quantitative estimate of drug-likeness (QED) is 0.679. The normalized spacial score (nSPS) is 16.0. The van der Waals surface area contributed by atoms with E-state index in [1.165, 1.54) is 10.2 Å². The highest BCUT2D eigenvalue weighted by Crippen LogP contribution is 2.10. The van der Waals surface area contributed by atoms with Crippen LogP contribution >= 0.6 is 0 Å². The van der Waals surface area contributed by atoms with E-state index >= 15 is 0 Å². The highest BCUT2D eigenvalue weighted by Gasteiger charge is 2.20. The fourth-order valence-corrected chi connectivity index (χ4v) is 2.94. The van der Waals surface area contributed by atoms with Crippen molar-refractivity contribution < 1.29 is 9.53 Å². The molecule has 2 aromatic rings. The van der Waals surface area contributed by atoms with E-state index in [2.05, 4.69) is 49.6 Å². The molecule has 0 atom stereocenters. The SMILES string of the molecule is CCOC(=O)Cn1nnnc1CN1CCN(Cc2ccccc2)CC1. The van der Waals surface area contributed by atoms with Gasteiger partial charge in [0.2, 0.25) is 0 Å². The van der Waals surface area contributed by atoms with E-state index in [0.29, 0.717) is 19.0 Å². The molecule has 1 fully saturated rings. The summed E-state index contributed by atoms with van der Waals surface area (Å²) in [4.78, 5) is 16.4. The largest absolute Gasteiger partial charge is 0.465 e. The first-order valence-electron chi connectivity index (χ1n) is 8.64. The maximum absolute atomic E-state index is 11.6. The van der Waals surface area contributed by atoms with Gasteiger partial charge in [-0.3, -0.25) is 14.6 Å². The van der Waals surface area contributed by atoms with Gasteiger partial charge in [-0.15, -0.1) is 5.10 Å². The molecule has 1 aliphatic rings. The summed E-state index contributed by atoms with van der Waals surface area (Å²) >= 11 is 0. The van der Waals surface area contributed by atoms with Crippen molar-refractivity contribution in [2.75, 3.05) is 32.8 Å². The Labute approximate surface area is 147 Å². The second-order valence-corrected chi connectivity index (χ2v) is 6.10. The van der Waals surface area contributed by atoms with Crippen LogP contribution in [-0.4, -0.2) is 68.8 Å². The summed E-state index contributed by atoms with van der Waals surface area (Å²) in [6.07, 6.45) is 0. The molecular formula is C17H24N6O2. The zero-order chi connectivity index (χ0) is 17.5. The second kappa shape index (κ2) is 8.68. The Kier molecular flexibility index (Phi) is 6.08. The summed E-state index contributed by atoms with van der Waals surface area (Å²) < 4.78 is 6.48. The average Bonchev–Trinajstić information content (AvgIpc) is 3.04. The van der Waals surface area contributed by atoms with Gasteiger partial charge in [0.15, 0.2) is 5.82 Å². The third kappa shape index (κ3) is 5.07. The Morgan fingerprint density at radius 1 is 1.08 bits per heavy atom. The Morgan fingerprint density at radius 3 is 2.44 bits per heavy atom. The molecule has 1 aliphatic heterocycles. The molecule has 2 heterocycles. The van der Waals surface area contributed by atoms with E-state index in [1.54, 1.807) is 6.92 Å². The van der Waals surface area contributed by atoms with Gasteiger partial charge in [-0.25, -0.2) is 4.68 Å². The number of tetrazole rings is 1. The number of carbonyl (C=O) groups is 1. The predicted octanol–water partition coefficient (Wildman–Crippen LogP) is 0.554. The molecule has 134 valence electrons. The van der Waals surface area contributed by atoms with Crippen molar-refractivity contribution in [1.82, 2.24) is 30.0 Å². The highest BCUT2D eigenvalue weighted by atomic mass is 16.5. The van der Waals surface area contributed by atoms with Gasteiger partial charge in [-0.1, -0.05) is 30.3 Å². The van der Waals surface area contributed by atoms with Gasteiger partial charge in [0.25, 0.3) is 0 Å². The van der Waals surface area contributed by atoms with Crippen LogP contribution in [0.1, 0.15) is 18.3 Å². The molecular weight excluding hydrogens is 320 g/mol. The summed E-state index contributed by atoms with van der Waals surface area (Å²) in [7, 11) is 0. The highest BCUT2D eigenvalue weighted by molar-refractivity contribution is 5.69. The number of ether oxygens (including phenoxy) is 1. The maximum Gasteiger partial charge on any atom is 0.327 e. The lowest BCUT2D eigenvalue weighted by Crippen LogP contribution is -2.45. The Hall–Kier alpha value is -2.32. The Bertz CT molecular complexity index is 667. The zero-order valence-electron chi connectivity index (χ0n) is 14.5. The van der Waals surface area contributed by atoms with Crippen LogP contribution in [-0.2, 0) is 29.2 Å². The number of aromatic nitrogens is 4. The summed E-state index contributed by atoms with van der Waals surface area (Å²) in [5.41, 5.74) is 1.34. The molecule has 0 spiro atoms. The van der Waals surface area contributed by atoms with Crippen LogP contribution in [0.3, 0.4) is 0 Å². The van der Waals surface area contributed by atoms with Crippen LogP contribution in [0.5, 0.6) is 0 Å². The number of piperazine rings is 1. The number of hydrogen-bond acceptors (Lipinski definition) is 7. The van der Waals surface area contributed by atoms with Gasteiger partial charge in [0.1, 0.15) is 6.54 Å². The molecule has 3 rings (SSSR count). The number of esters is 1. The summed E-state index contributed by atoms with van der Waals surface area (Å²) in [5.74, 6) is 0.383. The summed E-state index contributed by atoms with van der Waals surface area (Å²) in [6.45, 7) is 7.76. The van der Waals surface area contributed by atoms with Gasteiger partial charge in [-0.2, -0.15) is 0 Å². The van der Waals surface area contributed by atoms with Crippen molar-refractivity contribution >= 4 is 5.97 Å². The van der Waals surface area contributed by atoms with Gasteiger partial charge in [0.05, 0.1) is 13.2 Å². The van der Waals surface area contributed by atoms with E-state index < -0.39 is 0 Å². The molecule has 25 heavy (non-hydrogen) atoms. The van der Waals surface area contributed by atoms with Crippen molar-refractivity contribution in [2.45, 2.75) is 26.6 Å². The molecule has 0 aliphatic carbocycles. The topological polar surface area (TPSA) is 76.4 Å². The third-order valence-corrected chi connectivity index (χ3v) is 4.27. The summed E-state index contributed by atoms with van der Waals surface area (Å²) in [5, 5.41) is 11.6. The predicted molar refractivity (Wildman–Crippen MR) is 91.4 cm³/mol. The number of nitrogens with zero attached hydrogens (tertiary/aromatic N) is 6. The van der Waals surface area contributed by atoms with E-state index in [9.17, 15) is 4.79 Å². The van der Waals surface area contributed by atoms with Gasteiger partial charge in [0, 0.05) is 32.7 Å². The van der Waals surface area contributed by atoms with Crippen molar-refractivity contribution in [3.8, 4) is 0 Å². The maximum atomic E-state index is 11.6. The molecule has 0 bridgehead atoms. The molecule has 0 amide bonds. The van der Waals surface area contributed by atoms with Crippen LogP contribution in [0.4, 0.5) is 0 Å². The molecule has 8 nitrogen and oxygen atoms in total. The van der Waals surface area contributed by atoms with Crippen molar-refractivity contribution in [2.24, 2.45) is 0 Å². The molecule has 0 N–H and O–H groups in total. The average molecular weight is 344 g/mol. The van der Waals surface area contributed by atoms with Gasteiger partial charge >= 0.3 is 5.97 Å². The lowest BCUT2D eigenvalue weighted by atomic mass is 10.2. The minimum absolute atomic E-state index is 0.0597. The molecule has 1 saturated heterocycles. The van der Waals surface area contributed by atoms with Gasteiger partial charge < -0.3 is 4.74 Å². The zero-order valence-corrected chi connectivity index (χ0v) is 14.5. The second-order valence-electron chi connectivity index (χ2n) is 6.10. The smallest absolute Gasteiger partial charge is 0.327 e. The molecule has 0 saturated carbocycles. The van der Waals surface area contributed by atoms with Gasteiger partial charge in [-0.05, 0) is 22.9 Å². The van der Waals surface area contributed by atoms with Crippen molar-refractivity contribution in [3.05, 3.63) is 41.7 Å². The molecule has 8 heteroatoms. The first-order valence-corrected chi connectivity index (χ1v) is 8.64. The first-order chi connectivity index (χ1) is 12.2. The Balaban J connectivity index is 1.48. The molecule has 0 radical (unpaired) electrons. The molecule has 1 aromatic carbocycles. The lowest BCUT2D eigenvalue weighted by molar-refractivity contribution is -0.144. The number of hydrogen-bond donors (Lipinski definition) is 0. The fraction of sp³-hybridized carbons (Fsp3) is 0.529. The summed E-state index contributed by atoms with van der Waals surface area (Å²) in [6, 6.07) is 10.5. The van der Waals surface area contributed by atoms with Crippen LogP contribution in [0.2, 0.25) is 0 Å². The van der Waals surface area contributed by atoms with E-state index in [0.717, 1.165) is 32.7 Å². The number of benzene rings is 1. The van der Waals surface area contributed by atoms with E-state index in [-0.39, 0.29) is 12.5 Å². The van der Waals surface area contributed by atoms with Crippen molar-refractivity contribution in [3.63, 3.8) is 0 Å². The molecule has 1 aromatic heterocycles. The van der Waals surface area contributed by atoms with Crippen LogP contribution < -0.4 is 0 Å². The molecule has 0 unspecified atom stereocenters. The minimum Gasteiger partial charge on any atom is -0.465 e. The monoisotopic (exact) mass is 344 g/mol. The van der Waals surface area contributed by atoms with Crippen LogP contribution in [0, 0.1) is 0 Å². The third-order valence-electron chi connectivity index (χ3n) is 4.27. The Morgan fingerprint density at radius 2 is 1.76 bits per heavy atom. The fourth-order valence-electron chi connectivity index (χ4n) is 2.94. The van der Waals surface area contributed by atoms with Crippen LogP contribution in [0.25, 0.3) is 0 Å². The lowest BCUT2D eigenvalue weighted by Gasteiger charge is -2.34. The number of rotatable bonds is 7. The van der Waals surface area contributed by atoms with E-state index in [4.69, 9.17) is 4.74 Å². The number of carbonyl (C=O) groups excluding carboxylic acids is 1. The van der Waals surface area contributed by atoms with Crippen LogP contribution in [0.15, 0.2) is 30.3 Å². The first kappa shape index (κ1) is 17.5. The standard InChI is InChI=1S/C17H24N6O2/c1-2-25-17(24)14-23-16(18-19-20-23)13-22-10-8-21(9-11-22)12-15-6-4-3-5-7-15/h3-7H,2,8-14H2,1H3. The van der Waals surface area contributed by atoms with Crippen molar-refractivity contribution in [1.29, 1.82) is 0 Å².